The first kappa shape index (κ1) is 11.1. The van der Waals surface area contributed by atoms with Crippen LogP contribution in [0.5, 0.6) is 0 Å². The molecule has 0 saturated carbocycles. The Morgan fingerprint density at radius 2 is 1.61 bits per heavy atom. The zero-order valence-corrected chi connectivity index (χ0v) is 10.7. The summed E-state index contributed by atoms with van der Waals surface area (Å²) in [6, 6.07) is 19.0. The third-order valence-electron chi connectivity index (χ3n) is 3.67. The third kappa shape index (κ3) is 1.72. The number of hydrogen-bond donors (Lipinski definition) is 0. The van der Waals surface area contributed by atoms with Crippen molar-refractivity contribution in [2.45, 2.75) is 19.3 Å². The van der Waals surface area contributed by atoms with E-state index < -0.39 is 0 Å². The minimum atomic E-state index is -0.0117. The van der Waals surface area contributed by atoms with Gasteiger partial charge in [0.05, 0.1) is 6.26 Å². The molecule has 0 saturated heterocycles. The monoisotopic (exact) mass is 236 g/mol. The van der Waals surface area contributed by atoms with Gasteiger partial charge in [0.2, 0.25) is 0 Å². The van der Waals surface area contributed by atoms with E-state index in [1.54, 1.807) is 6.26 Å². The fourth-order valence-electron chi connectivity index (χ4n) is 2.36. The van der Waals surface area contributed by atoms with Crippen LogP contribution in [0.15, 0.2) is 65.3 Å². The first-order valence-electron chi connectivity index (χ1n) is 6.21. The summed E-state index contributed by atoms with van der Waals surface area (Å²) in [6.45, 7) is 4.49. The number of benzene rings is 2. The van der Waals surface area contributed by atoms with Crippen LogP contribution in [0.3, 0.4) is 0 Å². The molecular formula is C17H16O. The molecule has 0 N–H and O–H groups in total. The Balaban J connectivity index is 2.12. The normalized spacial score (nSPS) is 11.9. The zero-order valence-electron chi connectivity index (χ0n) is 10.7. The molecule has 0 aliphatic rings. The molecule has 0 unspecified atom stereocenters. The molecule has 0 bridgehead atoms. The Kier molecular flexibility index (Phi) is 2.48. The summed E-state index contributed by atoms with van der Waals surface area (Å²) in [5.41, 5.74) is 3.53. The molecule has 0 atom stereocenters. The van der Waals surface area contributed by atoms with Crippen LogP contribution in [0.25, 0.3) is 11.0 Å². The minimum absolute atomic E-state index is 0.0117. The van der Waals surface area contributed by atoms with Gasteiger partial charge in [0.1, 0.15) is 5.58 Å². The van der Waals surface area contributed by atoms with Gasteiger partial charge in [0.15, 0.2) is 0 Å². The summed E-state index contributed by atoms with van der Waals surface area (Å²) in [5.74, 6) is 0. The highest BCUT2D eigenvalue weighted by molar-refractivity contribution is 5.78. The standard InChI is InChI=1S/C17H16O/c1-17(2,14-6-4-3-5-7-14)15-9-8-13-10-11-18-16(13)12-15/h3-12H,1-2H3. The van der Waals surface area contributed by atoms with Crippen molar-refractivity contribution in [1.29, 1.82) is 0 Å². The number of furan rings is 1. The Morgan fingerprint density at radius 1 is 0.833 bits per heavy atom. The molecule has 0 amide bonds. The predicted octanol–water partition coefficient (Wildman–Crippen LogP) is 4.76. The molecule has 3 aromatic rings. The minimum Gasteiger partial charge on any atom is -0.464 e. The SMILES string of the molecule is CC(C)(c1ccccc1)c1ccc2ccoc2c1. The summed E-state index contributed by atoms with van der Waals surface area (Å²) in [4.78, 5) is 0. The lowest BCUT2D eigenvalue weighted by atomic mass is 9.78. The lowest BCUT2D eigenvalue weighted by Gasteiger charge is -2.26. The zero-order chi connectivity index (χ0) is 12.6. The second kappa shape index (κ2) is 4.02. The Morgan fingerprint density at radius 3 is 2.39 bits per heavy atom. The number of fused-ring (bicyclic) bond motifs is 1. The van der Waals surface area contributed by atoms with E-state index >= 15 is 0 Å². The number of rotatable bonds is 2. The van der Waals surface area contributed by atoms with Crippen LogP contribution < -0.4 is 0 Å². The molecule has 1 nitrogen and oxygen atoms in total. The predicted molar refractivity (Wildman–Crippen MR) is 74.8 cm³/mol. The molecule has 90 valence electrons. The van der Waals surface area contributed by atoms with Gasteiger partial charge >= 0.3 is 0 Å². The van der Waals surface area contributed by atoms with Crippen LogP contribution >= 0.6 is 0 Å². The largest absolute Gasteiger partial charge is 0.464 e. The average molecular weight is 236 g/mol. The first-order valence-corrected chi connectivity index (χ1v) is 6.21. The highest BCUT2D eigenvalue weighted by Gasteiger charge is 2.23. The van der Waals surface area contributed by atoms with Crippen molar-refractivity contribution in [2.75, 3.05) is 0 Å². The summed E-state index contributed by atoms with van der Waals surface area (Å²) >= 11 is 0. The third-order valence-corrected chi connectivity index (χ3v) is 3.67. The van der Waals surface area contributed by atoms with Gasteiger partial charge in [-0.15, -0.1) is 0 Å². The van der Waals surface area contributed by atoms with Crippen molar-refractivity contribution in [2.24, 2.45) is 0 Å². The lowest BCUT2D eigenvalue weighted by Crippen LogP contribution is -2.18. The molecule has 0 radical (unpaired) electrons. The van der Waals surface area contributed by atoms with Gasteiger partial charge in [-0.3, -0.25) is 0 Å². The molecule has 0 aliphatic carbocycles. The van der Waals surface area contributed by atoms with Gasteiger partial charge in [0, 0.05) is 10.8 Å². The highest BCUT2D eigenvalue weighted by Crippen LogP contribution is 2.33. The molecule has 0 aliphatic heterocycles. The molecule has 0 spiro atoms. The molecule has 3 rings (SSSR count). The van der Waals surface area contributed by atoms with Gasteiger partial charge in [-0.1, -0.05) is 56.3 Å². The van der Waals surface area contributed by atoms with E-state index in [0.29, 0.717) is 0 Å². The van der Waals surface area contributed by atoms with Crippen LogP contribution in [0.4, 0.5) is 0 Å². The van der Waals surface area contributed by atoms with Crippen LogP contribution in [0.2, 0.25) is 0 Å². The van der Waals surface area contributed by atoms with Gasteiger partial charge in [-0.05, 0) is 23.3 Å². The van der Waals surface area contributed by atoms with Crippen molar-refractivity contribution >= 4 is 11.0 Å². The second-order valence-electron chi connectivity index (χ2n) is 5.16. The Labute approximate surface area is 107 Å². The van der Waals surface area contributed by atoms with E-state index in [1.165, 1.54) is 11.1 Å². The Bertz CT molecular complexity index is 662. The average Bonchev–Trinajstić information content (AvgIpc) is 2.87. The molecule has 0 fully saturated rings. The van der Waals surface area contributed by atoms with Crippen molar-refractivity contribution in [3.63, 3.8) is 0 Å². The maximum absolute atomic E-state index is 5.49. The summed E-state index contributed by atoms with van der Waals surface area (Å²) in [7, 11) is 0. The fourth-order valence-corrected chi connectivity index (χ4v) is 2.36. The fraction of sp³-hybridized carbons (Fsp3) is 0.176. The van der Waals surface area contributed by atoms with E-state index in [9.17, 15) is 0 Å². The maximum Gasteiger partial charge on any atom is 0.134 e. The van der Waals surface area contributed by atoms with E-state index in [-0.39, 0.29) is 5.41 Å². The van der Waals surface area contributed by atoms with E-state index in [2.05, 4.69) is 62.4 Å². The van der Waals surface area contributed by atoms with Gasteiger partial charge in [-0.2, -0.15) is 0 Å². The smallest absolute Gasteiger partial charge is 0.134 e. The molecule has 1 aromatic heterocycles. The van der Waals surface area contributed by atoms with Gasteiger partial charge in [-0.25, -0.2) is 0 Å². The van der Waals surface area contributed by atoms with Gasteiger partial charge in [0.25, 0.3) is 0 Å². The van der Waals surface area contributed by atoms with Crippen LogP contribution in [0, 0.1) is 0 Å². The summed E-state index contributed by atoms with van der Waals surface area (Å²) in [6.07, 6.45) is 1.74. The molecular weight excluding hydrogens is 220 g/mol. The van der Waals surface area contributed by atoms with Crippen LogP contribution in [-0.2, 0) is 5.41 Å². The van der Waals surface area contributed by atoms with Crippen molar-refractivity contribution in [3.8, 4) is 0 Å². The molecule has 1 heteroatoms. The van der Waals surface area contributed by atoms with E-state index in [0.717, 1.165) is 11.0 Å². The quantitative estimate of drug-likeness (QED) is 0.625. The topological polar surface area (TPSA) is 13.1 Å². The Hall–Kier alpha value is -2.02. The first-order chi connectivity index (χ1) is 8.68. The van der Waals surface area contributed by atoms with E-state index in [1.807, 2.05) is 6.07 Å². The van der Waals surface area contributed by atoms with Crippen molar-refractivity contribution < 1.29 is 4.42 Å². The molecule has 18 heavy (non-hydrogen) atoms. The second-order valence-corrected chi connectivity index (χ2v) is 5.16. The van der Waals surface area contributed by atoms with Crippen LogP contribution in [-0.4, -0.2) is 0 Å². The van der Waals surface area contributed by atoms with E-state index in [4.69, 9.17) is 4.42 Å². The van der Waals surface area contributed by atoms with Crippen LogP contribution in [0.1, 0.15) is 25.0 Å². The van der Waals surface area contributed by atoms with Gasteiger partial charge < -0.3 is 4.42 Å². The summed E-state index contributed by atoms with van der Waals surface area (Å²) < 4.78 is 5.49. The number of hydrogen-bond acceptors (Lipinski definition) is 1. The lowest BCUT2D eigenvalue weighted by molar-refractivity contribution is 0.607. The van der Waals surface area contributed by atoms with Crippen molar-refractivity contribution in [1.82, 2.24) is 0 Å². The maximum atomic E-state index is 5.49. The highest BCUT2D eigenvalue weighted by atomic mass is 16.3. The molecule has 1 heterocycles. The molecule has 2 aromatic carbocycles. The summed E-state index contributed by atoms with van der Waals surface area (Å²) in [5, 5.41) is 1.16. The van der Waals surface area contributed by atoms with Crippen molar-refractivity contribution in [3.05, 3.63) is 72.0 Å².